The molecular formula is C13H26N2O. The first-order valence-electron chi connectivity index (χ1n) is 6.91. The lowest BCUT2D eigenvalue weighted by Gasteiger charge is -2.31. The summed E-state index contributed by atoms with van der Waals surface area (Å²) in [5, 5.41) is 13.1. The van der Waals surface area contributed by atoms with Crippen molar-refractivity contribution >= 4 is 0 Å². The SMILES string of the molecule is NC1CCCC(NCC2CCC(O)CC2)C1. The Morgan fingerprint density at radius 3 is 2.50 bits per heavy atom. The van der Waals surface area contributed by atoms with E-state index in [-0.39, 0.29) is 6.10 Å². The number of hydrogen-bond acceptors (Lipinski definition) is 3. The monoisotopic (exact) mass is 226 g/mol. The minimum atomic E-state index is -0.0284. The molecule has 3 heteroatoms. The molecule has 2 saturated carbocycles. The topological polar surface area (TPSA) is 58.3 Å². The quantitative estimate of drug-likeness (QED) is 0.682. The van der Waals surface area contributed by atoms with E-state index in [1.54, 1.807) is 0 Å². The molecule has 0 heterocycles. The van der Waals surface area contributed by atoms with Gasteiger partial charge in [0.15, 0.2) is 0 Å². The maximum Gasteiger partial charge on any atom is 0.0540 e. The van der Waals surface area contributed by atoms with E-state index in [4.69, 9.17) is 5.73 Å². The summed E-state index contributed by atoms with van der Waals surface area (Å²) in [6.45, 7) is 1.13. The van der Waals surface area contributed by atoms with Gasteiger partial charge in [-0.1, -0.05) is 6.42 Å². The van der Waals surface area contributed by atoms with E-state index in [2.05, 4.69) is 5.32 Å². The van der Waals surface area contributed by atoms with E-state index in [1.165, 1.54) is 32.1 Å². The maximum atomic E-state index is 9.44. The van der Waals surface area contributed by atoms with E-state index >= 15 is 0 Å². The van der Waals surface area contributed by atoms with Crippen LogP contribution in [0.25, 0.3) is 0 Å². The zero-order chi connectivity index (χ0) is 11.4. The first kappa shape index (κ1) is 12.3. The highest BCUT2D eigenvalue weighted by molar-refractivity contribution is 4.81. The Kier molecular flexibility index (Phi) is 4.62. The molecule has 0 radical (unpaired) electrons. The average Bonchev–Trinajstić information content (AvgIpc) is 2.28. The molecule has 3 nitrogen and oxygen atoms in total. The molecule has 0 amide bonds. The minimum absolute atomic E-state index is 0.0284. The Bertz CT molecular complexity index is 202. The van der Waals surface area contributed by atoms with Crippen molar-refractivity contribution in [3.8, 4) is 0 Å². The van der Waals surface area contributed by atoms with Crippen molar-refractivity contribution in [3.05, 3.63) is 0 Å². The number of hydrogen-bond donors (Lipinski definition) is 3. The van der Waals surface area contributed by atoms with Gasteiger partial charge in [-0.2, -0.15) is 0 Å². The Hall–Kier alpha value is -0.120. The summed E-state index contributed by atoms with van der Waals surface area (Å²) in [6.07, 6.45) is 9.26. The molecule has 2 aliphatic carbocycles. The highest BCUT2D eigenvalue weighted by Crippen LogP contribution is 2.24. The third kappa shape index (κ3) is 3.72. The third-order valence-electron chi connectivity index (χ3n) is 4.23. The van der Waals surface area contributed by atoms with Crippen molar-refractivity contribution in [2.24, 2.45) is 11.7 Å². The van der Waals surface area contributed by atoms with E-state index in [0.717, 1.165) is 31.7 Å². The summed E-state index contributed by atoms with van der Waals surface area (Å²) >= 11 is 0. The molecular weight excluding hydrogens is 200 g/mol. The number of nitrogens with two attached hydrogens (primary N) is 1. The van der Waals surface area contributed by atoms with Gasteiger partial charge in [0, 0.05) is 12.1 Å². The van der Waals surface area contributed by atoms with E-state index in [1.807, 2.05) is 0 Å². The van der Waals surface area contributed by atoms with Crippen LogP contribution in [-0.4, -0.2) is 29.8 Å². The zero-order valence-electron chi connectivity index (χ0n) is 10.2. The number of rotatable bonds is 3. The molecule has 0 aromatic carbocycles. The second-order valence-electron chi connectivity index (χ2n) is 5.71. The predicted octanol–water partition coefficient (Wildman–Crippen LogP) is 1.40. The largest absolute Gasteiger partial charge is 0.393 e. The number of nitrogens with one attached hydrogen (secondary N) is 1. The van der Waals surface area contributed by atoms with Crippen LogP contribution in [0.3, 0.4) is 0 Å². The molecule has 4 N–H and O–H groups in total. The molecule has 0 aromatic heterocycles. The van der Waals surface area contributed by atoms with Gasteiger partial charge in [0.2, 0.25) is 0 Å². The minimum Gasteiger partial charge on any atom is -0.393 e. The molecule has 2 aliphatic rings. The second-order valence-corrected chi connectivity index (χ2v) is 5.71. The first-order valence-corrected chi connectivity index (χ1v) is 6.91. The predicted molar refractivity (Wildman–Crippen MR) is 66.2 cm³/mol. The molecule has 2 unspecified atom stereocenters. The normalized spacial score (nSPS) is 40.9. The summed E-state index contributed by atoms with van der Waals surface area (Å²) in [5.41, 5.74) is 5.98. The smallest absolute Gasteiger partial charge is 0.0540 e. The molecule has 0 spiro atoms. The van der Waals surface area contributed by atoms with Gasteiger partial charge in [-0.3, -0.25) is 0 Å². The van der Waals surface area contributed by atoms with Crippen LogP contribution in [0.4, 0.5) is 0 Å². The molecule has 94 valence electrons. The lowest BCUT2D eigenvalue weighted by atomic mass is 9.86. The number of aliphatic hydroxyl groups is 1. The van der Waals surface area contributed by atoms with Crippen molar-refractivity contribution in [2.45, 2.75) is 69.6 Å². The van der Waals surface area contributed by atoms with Gasteiger partial charge in [-0.05, 0) is 57.4 Å². The Morgan fingerprint density at radius 2 is 1.81 bits per heavy atom. The van der Waals surface area contributed by atoms with Crippen LogP contribution >= 0.6 is 0 Å². The molecule has 2 fully saturated rings. The summed E-state index contributed by atoms with van der Waals surface area (Å²) in [6, 6.07) is 1.06. The lowest BCUT2D eigenvalue weighted by Crippen LogP contribution is -2.41. The molecule has 2 atom stereocenters. The molecule has 0 aromatic rings. The average molecular weight is 226 g/mol. The molecule has 0 aliphatic heterocycles. The molecule has 16 heavy (non-hydrogen) atoms. The van der Waals surface area contributed by atoms with Crippen LogP contribution in [0.1, 0.15) is 51.4 Å². The fourth-order valence-electron chi connectivity index (χ4n) is 3.10. The van der Waals surface area contributed by atoms with E-state index in [9.17, 15) is 5.11 Å². The van der Waals surface area contributed by atoms with E-state index in [0.29, 0.717) is 12.1 Å². The fourth-order valence-corrected chi connectivity index (χ4v) is 3.10. The summed E-state index contributed by atoms with van der Waals surface area (Å²) < 4.78 is 0. The standard InChI is InChI=1S/C13H26N2O/c14-11-2-1-3-12(8-11)15-9-10-4-6-13(16)7-5-10/h10-13,15-16H,1-9,14H2. The molecule has 0 saturated heterocycles. The van der Waals surface area contributed by atoms with Crippen LogP contribution in [-0.2, 0) is 0 Å². The Labute approximate surface area is 98.8 Å². The van der Waals surface area contributed by atoms with Crippen molar-refractivity contribution in [1.29, 1.82) is 0 Å². The van der Waals surface area contributed by atoms with Crippen LogP contribution in [0.15, 0.2) is 0 Å². The fraction of sp³-hybridized carbons (Fsp3) is 1.00. The van der Waals surface area contributed by atoms with Gasteiger partial charge >= 0.3 is 0 Å². The van der Waals surface area contributed by atoms with E-state index < -0.39 is 0 Å². The zero-order valence-corrected chi connectivity index (χ0v) is 10.2. The van der Waals surface area contributed by atoms with Crippen molar-refractivity contribution in [2.75, 3.05) is 6.54 Å². The molecule has 0 bridgehead atoms. The van der Waals surface area contributed by atoms with Gasteiger partial charge in [0.05, 0.1) is 6.10 Å². The second kappa shape index (κ2) is 5.99. The summed E-state index contributed by atoms with van der Waals surface area (Å²) in [4.78, 5) is 0. The van der Waals surface area contributed by atoms with Gasteiger partial charge in [0.1, 0.15) is 0 Å². The highest BCUT2D eigenvalue weighted by Gasteiger charge is 2.22. The summed E-state index contributed by atoms with van der Waals surface area (Å²) in [5.74, 6) is 0.779. The van der Waals surface area contributed by atoms with Gasteiger partial charge < -0.3 is 16.2 Å². The summed E-state index contributed by atoms with van der Waals surface area (Å²) in [7, 11) is 0. The van der Waals surface area contributed by atoms with Gasteiger partial charge in [-0.25, -0.2) is 0 Å². The lowest BCUT2D eigenvalue weighted by molar-refractivity contribution is 0.107. The number of aliphatic hydroxyl groups excluding tert-OH is 1. The van der Waals surface area contributed by atoms with Gasteiger partial charge in [0.25, 0.3) is 0 Å². The Balaban J connectivity index is 1.63. The van der Waals surface area contributed by atoms with Gasteiger partial charge in [-0.15, -0.1) is 0 Å². The van der Waals surface area contributed by atoms with Crippen LogP contribution in [0.5, 0.6) is 0 Å². The van der Waals surface area contributed by atoms with Crippen molar-refractivity contribution in [3.63, 3.8) is 0 Å². The maximum absolute atomic E-state index is 9.44. The Morgan fingerprint density at radius 1 is 1.06 bits per heavy atom. The van der Waals surface area contributed by atoms with Crippen LogP contribution in [0, 0.1) is 5.92 Å². The molecule has 2 rings (SSSR count). The van der Waals surface area contributed by atoms with Crippen LogP contribution < -0.4 is 11.1 Å². The van der Waals surface area contributed by atoms with Crippen LogP contribution in [0.2, 0.25) is 0 Å². The highest BCUT2D eigenvalue weighted by atomic mass is 16.3. The first-order chi connectivity index (χ1) is 7.74. The van der Waals surface area contributed by atoms with Crippen molar-refractivity contribution in [1.82, 2.24) is 5.32 Å². The third-order valence-corrected chi connectivity index (χ3v) is 4.23. The van der Waals surface area contributed by atoms with Crippen molar-refractivity contribution < 1.29 is 5.11 Å².